The van der Waals surface area contributed by atoms with Crippen molar-refractivity contribution in [3.63, 3.8) is 0 Å². The van der Waals surface area contributed by atoms with Gasteiger partial charge < -0.3 is 19.7 Å². The van der Waals surface area contributed by atoms with E-state index >= 15 is 0 Å². The summed E-state index contributed by atoms with van der Waals surface area (Å²) in [6.45, 7) is 11.4. The zero-order valence-electron chi connectivity index (χ0n) is 14.3. The third kappa shape index (κ3) is 4.04. The van der Waals surface area contributed by atoms with E-state index in [4.69, 9.17) is 4.65 Å². The monoisotopic (exact) mass is 325 g/mol. The molecule has 0 bridgehead atoms. The highest BCUT2D eigenvalue weighted by molar-refractivity contribution is 7.21. The maximum absolute atomic E-state index is 10.3. The maximum atomic E-state index is 10.3. The van der Waals surface area contributed by atoms with Gasteiger partial charge in [-0.15, -0.1) is 0 Å². The summed E-state index contributed by atoms with van der Waals surface area (Å²) in [5.41, 5.74) is -0.704. The van der Waals surface area contributed by atoms with Crippen LogP contribution >= 0.6 is 11.3 Å². The molecule has 0 aromatic carbocycles. The summed E-state index contributed by atoms with van der Waals surface area (Å²) < 4.78 is 6.49. The fourth-order valence-electron chi connectivity index (χ4n) is 2.39. The molecule has 2 N–H and O–H groups in total. The first-order valence-electron chi connectivity index (χ1n) is 8.02. The van der Waals surface area contributed by atoms with Crippen molar-refractivity contribution >= 4 is 28.9 Å². The quantitative estimate of drug-likeness (QED) is 0.815. The van der Waals surface area contributed by atoms with Crippen LogP contribution in [0.3, 0.4) is 0 Å². The number of hydrogen-bond acceptors (Lipinski definition) is 5. The fraction of sp³-hybridized carbons (Fsp3) is 0.750. The molecule has 0 atom stereocenters. The van der Waals surface area contributed by atoms with Gasteiger partial charge in [0.15, 0.2) is 0 Å². The van der Waals surface area contributed by atoms with Gasteiger partial charge in [0.25, 0.3) is 0 Å². The van der Waals surface area contributed by atoms with Crippen LogP contribution in [0.5, 0.6) is 0 Å². The molecule has 6 heteroatoms. The van der Waals surface area contributed by atoms with E-state index in [-0.39, 0.29) is 0 Å². The molecule has 1 aromatic rings. The Bertz CT molecular complexity index is 490. The van der Waals surface area contributed by atoms with E-state index in [9.17, 15) is 10.1 Å². The molecule has 0 aliphatic carbocycles. The van der Waals surface area contributed by atoms with Gasteiger partial charge in [-0.05, 0) is 52.5 Å². The number of nitrogens with zero attached hydrogens (tertiary/aromatic N) is 1. The predicted octanol–water partition coefficient (Wildman–Crippen LogP) is 2.24. The lowest BCUT2D eigenvalue weighted by Crippen LogP contribution is -2.52. The molecule has 124 valence electrons. The van der Waals surface area contributed by atoms with Crippen LogP contribution in [0, 0.1) is 5.92 Å². The molecule has 1 aliphatic heterocycles. The predicted molar refractivity (Wildman–Crippen MR) is 94.0 cm³/mol. The fourth-order valence-corrected chi connectivity index (χ4v) is 3.21. The summed E-state index contributed by atoms with van der Waals surface area (Å²) in [6.07, 6.45) is 2.44. The number of piperidine rings is 1. The second-order valence-corrected chi connectivity index (χ2v) is 8.36. The lowest BCUT2D eigenvalue weighted by Gasteiger charge is -2.38. The molecule has 4 nitrogen and oxygen atoms in total. The summed E-state index contributed by atoms with van der Waals surface area (Å²) in [5, 5.41) is 22.5. The molecule has 1 fully saturated rings. The van der Waals surface area contributed by atoms with Crippen LogP contribution in [-0.2, 0) is 4.65 Å². The molecular formula is C16H28BNO3S. The number of hydrogen-bond donors (Lipinski definition) is 2. The maximum Gasteiger partial charge on any atom is 0.502 e. The van der Waals surface area contributed by atoms with Gasteiger partial charge in [-0.25, -0.2) is 0 Å². The second-order valence-electron chi connectivity index (χ2n) is 7.42. The van der Waals surface area contributed by atoms with Gasteiger partial charge in [-0.2, -0.15) is 11.3 Å². The topological polar surface area (TPSA) is 52.9 Å². The molecule has 0 radical (unpaired) electrons. The van der Waals surface area contributed by atoms with Crippen molar-refractivity contribution in [3.05, 3.63) is 11.4 Å². The van der Waals surface area contributed by atoms with Crippen LogP contribution in [-0.4, -0.2) is 41.5 Å². The van der Waals surface area contributed by atoms with Gasteiger partial charge in [0.2, 0.25) is 0 Å². The molecule has 1 aromatic heterocycles. The third-order valence-corrected chi connectivity index (χ3v) is 5.83. The van der Waals surface area contributed by atoms with Gasteiger partial charge in [0, 0.05) is 28.9 Å². The van der Waals surface area contributed by atoms with Crippen molar-refractivity contribution in [2.45, 2.75) is 58.7 Å². The van der Waals surface area contributed by atoms with Crippen LogP contribution in [0.25, 0.3) is 0 Å². The molecule has 0 unspecified atom stereocenters. The summed E-state index contributed by atoms with van der Waals surface area (Å²) >= 11 is 1.51. The summed E-state index contributed by atoms with van der Waals surface area (Å²) in [7, 11) is -1.01. The molecule has 1 saturated heterocycles. The Morgan fingerprint density at radius 3 is 2.41 bits per heavy atom. The van der Waals surface area contributed by atoms with Gasteiger partial charge in [0.1, 0.15) is 0 Å². The Morgan fingerprint density at radius 1 is 1.27 bits per heavy atom. The van der Waals surface area contributed by atoms with Crippen molar-refractivity contribution in [1.29, 1.82) is 0 Å². The molecule has 0 saturated carbocycles. The molecule has 0 spiro atoms. The minimum atomic E-state index is -1.03. The van der Waals surface area contributed by atoms with E-state index in [1.807, 2.05) is 6.07 Å². The Morgan fingerprint density at radius 2 is 1.86 bits per heavy atom. The normalized spacial score (nSPS) is 17.9. The minimum Gasteiger partial charge on any atom is -0.423 e. The van der Waals surface area contributed by atoms with Crippen molar-refractivity contribution < 1.29 is 14.8 Å². The van der Waals surface area contributed by atoms with Crippen molar-refractivity contribution in [2.75, 3.05) is 18.0 Å². The van der Waals surface area contributed by atoms with Gasteiger partial charge in [0.05, 0.1) is 11.2 Å². The van der Waals surface area contributed by atoms with Crippen molar-refractivity contribution in [2.24, 2.45) is 5.92 Å². The standard InChI is InChI=1S/C16H28BNO3S/c1-12-6-8-18(9-7-12)13-10-14(22-11-13)17(20)21-16(4,5)15(2,3)19/h10-12,19-20H,6-9H2,1-5H3. The average Bonchev–Trinajstić information content (AvgIpc) is 2.87. The zero-order chi connectivity index (χ0) is 16.5. The van der Waals surface area contributed by atoms with Crippen LogP contribution in [0.15, 0.2) is 11.4 Å². The lowest BCUT2D eigenvalue weighted by molar-refractivity contribution is -0.0981. The molecule has 2 rings (SSSR count). The Hall–Kier alpha value is -0.555. The first kappa shape index (κ1) is 17.8. The Labute approximate surface area is 138 Å². The SMILES string of the molecule is CC1CCN(c2csc(B(O)OC(C)(C)C(C)(C)O)c2)CC1. The molecular weight excluding hydrogens is 297 g/mol. The van der Waals surface area contributed by atoms with E-state index in [0.717, 1.165) is 29.5 Å². The van der Waals surface area contributed by atoms with Crippen LogP contribution in [0.1, 0.15) is 47.5 Å². The first-order valence-corrected chi connectivity index (χ1v) is 8.90. The average molecular weight is 325 g/mol. The van der Waals surface area contributed by atoms with E-state index in [1.165, 1.54) is 24.2 Å². The first-order chi connectivity index (χ1) is 10.1. The lowest BCUT2D eigenvalue weighted by atomic mass is 9.82. The molecule has 0 amide bonds. The summed E-state index contributed by atoms with van der Waals surface area (Å²) in [5.74, 6) is 0.802. The van der Waals surface area contributed by atoms with E-state index in [2.05, 4.69) is 17.2 Å². The van der Waals surface area contributed by atoms with Gasteiger partial charge in [-0.3, -0.25) is 0 Å². The van der Waals surface area contributed by atoms with E-state index in [1.54, 1.807) is 27.7 Å². The number of anilines is 1. The summed E-state index contributed by atoms with van der Waals surface area (Å²) in [6, 6.07) is 2.01. The molecule has 1 aliphatic rings. The van der Waals surface area contributed by atoms with Crippen LogP contribution in [0.2, 0.25) is 0 Å². The highest BCUT2D eigenvalue weighted by Gasteiger charge is 2.40. The van der Waals surface area contributed by atoms with Gasteiger partial charge >= 0.3 is 7.12 Å². The number of aliphatic hydroxyl groups is 1. The Balaban J connectivity index is 2.02. The molecule has 2 heterocycles. The third-order valence-electron chi connectivity index (χ3n) is 4.88. The minimum absolute atomic E-state index is 0.783. The highest BCUT2D eigenvalue weighted by atomic mass is 32.1. The zero-order valence-corrected chi connectivity index (χ0v) is 15.1. The van der Waals surface area contributed by atoms with Crippen LogP contribution in [0.4, 0.5) is 5.69 Å². The molecule has 22 heavy (non-hydrogen) atoms. The largest absolute Gasteiger partial charge is 0.502 e. The van der Waals surface area contributed by atoms with E-state index in [0.29, 0.717) is 0 Å². The smallest absolute Gasteiger partial charge is 0.423 e. The van der Waals surface area contributed by atoms with Crippen molar-refractivity contribution in [1.82, 2.24) is 0 Å². The van der Waals surface area contributed by atoms with Crippen LogP contribution < -0.4 is 9.68 Å². The van der Waals surface area contributed by atoms with Gasteiger partial charge in [-0.1, -0.05) is 6.92 Å². The second kappa shape index (κ2) is 6.52. The highest BCUT2D eigenvalue weighted by Crippen LogP contribution is 2.27. The Kier molecular flexibility index (Phi) is 5.27. The number of rotatable bonds is 5. The van der Waals surface area contributed by atoms with E-state index < -0.39 is 18.3 Å². The summed E-state index contributed by atoms with van der Waals surface area (Å²) in [4.78, 5) is 2.37. The number of thiophene rings is 1. The van der Waals surface area contributed by atoms with Crippen molar-refractivity contribution in [3.8, 4) is 0 Å².